The summed E-state index contributed by atoms with van der Waals surface area (Å²) in [6.45, 7) is 4.80. The summed E-state index contributed by atoms with van der Waals surface area (Å²) in [5.74, 6) is -0.260. The normalized spacial score (nSPS) is 11.6. The Morgan fingerprint density at radius 3 is 2.17 bits per heavy atom. The lowest BCUT2D eigenvalue weighted by molar-refractivity contribution is -0.0319. The van der Waals surface area contributed by atoms with Crippen LogP contribution in [0.5, 0.6) is 0 Å². The van der Waals surface area contributed by atoms with Crippen LogP contribution in [-0.2, 0) is 32.6 Å². The molecule has 0 spiro atoms. The smallest absolute Gasteiger partial charge is 0.432 e. The van der Waals surface area contributed by atoms with Gasteiger partial charge in [-0.25, -0.2) is 14.2 Å². The third-order valence-corrected chi connectivity index (χ3v) is 8.73. The number of rotatable bonds is 14. The van der Waals surface area contributed by atoms with Crippen molar-refractivity contribution in [1.82, 2.24) is 19.9 Å². The lowest BCUT2D eigenvalue weighted by Crippen LogP contribution is -2.18. The SMILES string of the molecule is CNC(=O)c1ccccc1Sc1ccc2c(/C=C/c3ccccn3)nn(P(=O)(OCOC(=O)OC(C)C)OCOC(=O)OC(C)C)c2c1.[HH]. The number of fused-ring (bicyclic) bond motifs is 1. The fourth-order valence-electron chi connectivity index (χ4n) is 4.00. The molecule has 0 fully saturated rings. The van der Waals surface area contributed by atoms with Crippen molar-refractivity contribution in [2.45, 2.75) is 49.7 Å². The minimum atomic E-state index is -4.59. The number of hydrogen-bond acceptors (Lipinski definition) is 13. The molecule has 1 amide bonds. The maximum absolute atomic E-state index is 14.5. The van der Waals surface area contributed by atoms with Gasteiger partial charge in [0.1, 0.15) is 0 Å². The largest absolute Gasteiger partial charge is 0.510 e. The molecular formula is C32H37N4O10PS. The number of nitrogens with zero attached hydrogens (tertiary/aromatic N) is 3. The Balaban J connectivity index is 0.00000650. The van der Waals surface area contributed by atoms with Gasteiger partial charge >= 0.3 is 20.1 Å². The third kappa shape index (κ3) is 9.91. The van der Waals surface area contributed by atoms with Crippen LogP contribution in [0, 0.1) is 0 Å². The molecule has 0 aliphatic rings. The molecule has 2 aromatic carbocycles. The number of pyridine rings is 1. The molecule has 0 aliphatic carbocycles. The van der Waals surface area contributed by atoms with Crippen molar-refractivity contribution < 1.29 is 48.4 Å². The molecule has 0 radical (unpaired) electrons. The highest BCUT2D eigenvalue weighted by atomic mass is 32.2. The summed E-state index contributed by atoms with van der Waals surface area (Å²) in [4.78, 5) is 42.2. The van der Waals surface area contributed by atoms with Crippen LogP contribution >= 0.6 is 19.5 Å². The molecule has 2 aromatic heterocycles. The number of carbonyl (C=O) groups is 3. The fraction of sp³-hybridized carbons (Fsp3) is 0.281. The van der Waals surface area contributed by atoms with E-state index in [9.17, 15) is 18.9 Å². The van der Waals surface area contributed by atoms with Crippen LogP contribution in [0.1, 0.15) is 50.9 Å². The van der Waals surface area contributed by atoms with Crippen molar-refractivity contribution in [1.29, 1.82) is 0 Å². The van der Waals surface area contributed by atoms with Crippen LogP contribution in [-0.4, -0.2) is 65.6 Å². The highest BCUT2D eigenvalue weighted by Gasteiger charge is 2.34. The van der Waals surface area contributed by atoms with E-state index in [2.05, 4.69) is 15.4 Å². The molecule has 0 unspecified atom stereocenters. The van der Waals surface area contributed by atoms with E-state index in [0.29, 0.717) is 32.1 Å². The zero-order chi connectivity index (χ0) is 34.7. The Bertz CT molecular complexity index is 1790. The Kier molecular flexibility index (Phi) is 12.7. The molecular weight excluding hydrogens is 663 g/mol. The first-order chi connectivity index (χ1) is 23.0. The molecule has 16 heteroatoms. The Morgan fingerprint density at radius 1 is 0.917 bits per heavy atom. The van der Waals surface area contributed by atoms with Gasteiger partial charge in [0.05, 0.1) is 34.7 Å². The molecule has 4 aromatic rings. The second-order valence-corrected chi connectivity index (χ2v) is 13.3. The van der Waals surface area contributed by atoms with Crippen LogP contribution in [0.4, 0.5) is 9.59 Å². The van der Waals surface area contributed by atoms with Crippen LogP contribution in [0.2, 0.25) is 0 Å². The highest BCUT2D eigenvalue weighted by Crippen LogP contribution is 2.52. The van der Waals surface area contributed by atoms with Gasteiger partial charge in [0.15, 0.2) is 0 Å². The van der Waals surface area contributed by atoms with E-state index in [-0.39, 0.29) is 12.9 Å². The topological polar surface area (TPSA) is 166 Å². The van der Waals surface area contributed by atoms with Crippen molar-refractivity contribution in [3.63, 3.8) is 0 Å². The lowest BCUT2D eigenvalue weighted by Gasteiger charge is -2.19. The van der Waals surface area contributed by atoms with Gasteiger partial charge in [0.25, 0.3) is 5.91 Å². The Hall–Kier alpha value is -4.69. The van der Waals surface area contributed by atoms with Gasteiger partial charge in [-0.1, -0.05) is 30.0 Å². The predicted molar refractivity (Wildman–Crippen MR) is 179 cm³/mol. The minimum Gasteiger partial charge on any atom is -0.432 e. The fourth-order valence-corrected chi connectivity index (χ4v) is 6.28. The van der Waals surface area contributed by atoms with Crippen LogP contribution in [0.3, 0.4) is 0 Å². The maximum atomic E-state index is 14.5. The van der Waals surface area contributed by atoms with Gasteiger partial charge in [0, 0.05) is 29.8 Å². The van der Waals surface area contributed by atoms with Gasteiger partial charge in [-0.05, 0) is 82.3 Å². The number of amides is 1. The second-order valence-electron chi connectivity index (χ2n) is 10.3. The monoisotopic (exact) mass is 700 g/mol. The average Bonchev–Trinajstić information content (AvgIpc) is 3.42. The molecule has 1 N–H and O–H groups in total. The Labute approximate surface area is 282 Å². The number of hydrogen-bond donors (Lipinski definition) is 1. The maximum Gasteiger partial charge on any atom is 0.510 e. The van der Waals surface area contributed by atoms with Crippen molar-refractivity contribution in [3.8, 4) is 0 Å². The zero-order valence-corrected chi connectivity index (χ0v) is 28.6. The van der Waals surface area contributed by atoms with E-state index in [1.54, 1.807) is 95.6 Å². The summed E-state index contributed by atoms with van der Waals surface area (Å²) in [6.07, 6.45) is 1.95. The number of aromatic nitrogens is 3. The predicted octanol–water partition coefficient (Wildman–Crippen LogP) is 7.39. The van der Waals surface area contributed by atoms with Crippen LogP contribution in [0.25, 0.3) is 23.1 Å². The molecule has 0 saturated heterocycles. The van der Waals surface area contributed by atoms with Crippen molar-refractivity contribution in [3.05, 3.63) is 83.8 Å². The van der Waals surface area contributed by atoms with E-state index < -0.39 is 45.9 Å². The molecule has 0 atom stereocenters. The quantitative estimate of drug-likeness (QED) is 0.0787. The lowest BCUT2D eigenvalue weighted by atomic mass is 10.2. The first-order valence-electron chi connectivity index (χ1n) is 14.7. The number of ether oxygens (including phenoxy) is 4. The van der Waals surface area contributed by atoms with Gasteiger partial charge < -0.3 is 24.3 Å². The molecule has 2 heterocycles. The summed E-state index contributed by atoms with van der Waals surface area (Å²) in [7, 11) is -3.04. The van der Waals surface area contributed by atoms with Crippen molar-refractivity contribution in [2.24, 2.45) is 0 Å². The first kappa shape index (κ1) is 36.2. The highest BCUT2D eigenvalue weighted by molar-refractivity contribution is 7.99. The standard InChI is InChI=1S/C32H35N4O10PS.H2/c1-21(2)45-31(38)41-19-43-47(40,44-20-42-32(39)46-22(3)4)36-28-18-24(48-29-12-7-6-11-26(29)30(37)33-5)14-15-25(28)27(35-36)16-13-23-10-8-9-17-34-23;/h6-18,21-22H,19-20H2,1-5H3,(H,33,37);1H/b16-13+;. The van der Waals surface area contributed by atoms with Gasteiger partial charge in [0.2, 0.25) is 13.6 Å². The molecule has 4 rings (SSSR count). The summed E-state index contributed by atoms with van der Waals surface area (Å²) in [6, 6.07) is 17.8. The van der Waals surface area contributed by atoms with E-state index in [4.69, 9.17) is 28.0 Å². The van der Waals surface area contributed by atoms with E-state index in [1.807, 2.05) is 18.2 Å². The number of carbonyl (C=O) groups excluding carboxylic acids is 3. The third-order valence-electron chi connectivity index (χ3n) is 6.03. The van der Waals surface area contributed by atoms with Gasteiger partial charge in [-0.2, -0.15) is 9.55 Å². The van der Waals surface area contributed by atoms with Crippen LogP contribution < -0.4 is 5.32 Å². The zero-order valence-electron chi connectivity index (χ0n) is 26.9. The molecule has 0 aliphatic heterocycles. The second kappa shape index (κ2) is 16.9. The Morgan fingerprint density at radius 2 is 1.56 bits per heavy atom. The van der Waals surface area contributed by atoms with Crippen molar-refractivity contribution >= 4 is 60.8 Å². The summed E-state index contributed by atoms with van der Waals surface area (Å²) >= 11 is 1.29. The summed E-state index contributed by atoms with van der Waals surface area (Å²) in [5, 5.41) is 7.72. The molecule has 48 heavy (non-hydrogen) atoms. The van der Waals surface area contributed by atoms with Crippen molar-refractivity contribution in [2.75, 3.05) is 20.6 Å². The molecule has 0 bridgehead atoms. The number of nitrogens with one attached hydrogen (secondary N) is 1. The molecule has 256 valence electrons. The van der Waals surface area contributed by atoms with Gasteiger partial charge in [-0.3, -0.25) is 18.8 Å². The van der Waals surface area contributed by atoms with E-state index in [0.717, 1.165) is 4.45 Å². The average molecular weight is 701 g/mol. The molecule has 14 nitrogen and oxygen atoms in total. The summed E-state index contributed by atoms with van der Waals surface area (Å²) < 4.78 is 46.3. The van der Waals surface area contributed by atoms with Crippen LogP contribution in [0.15, 0.2) is 76.7 Å². The van der Waals surface area contributed by atoms with E-state index in [1.165, 1.54) is 11.8 Å². The molecule has 0 saturated carbocycles. The van der Waals surface area contributed by atoms with E-state index >= 15 is 0 Å². The van der Waals surface area contributed by atoms with Gasteiger partial charge in [-0.15, -0.1) is 0 Å². The minimum absolute atomic E-state index is 0. The first-order valence-corrected chi connectivity index (χ1v) is 17.0. The number of benzene rings is 2. The summed E-state index contributed by atoms with van der Waals surface area (Å²) in [5.41, 5.74) is 1.76.